The Kier molecular flexibility index (Phi) is 2.30. The molecule has 1 nitrogen and oxygen atoms in total. The Hall–Kier alpha value is -2.28. The lowest BCUT2D eigenvalue weighted by Crippen LogP contribution is -1.99. The molecule has 1 aliphatic rings. The van der Waals surface area contributed by atoms with E-state index in [9.17, 15) is 0 Å². The van der Waals surface area contributed by atoms with E-state index in [0.29, 0.717) is 0 Å². The van der Waals surface area contributed by atoms with E-state index in [1.807, 2.05) is 24.4 Å². The Labute approximate surface area is 101 Å². The number of hydrogen-bond donors (Lipinski definition) is 1. The van der Waals surface area contributed by atoms with Crippen molar-refractivity contribution in [2.75, 3.05) is 5.32 Å². The Morgan fingerprint density at radius 3 is 2.41 bits per heavy atom. The van der Waals surface area contributed by atoms with Gasteiger partial charge in [-0.2, -0.15) is 0 Å². The first-order valence-electron chi connectivity index (χ1n) is 5.67. The number of para-hydroxylation sites is 1. The molecule has 1 aliphatic heterocycles. The lowest BCUT2D eigenvalue weighted by Gasteiger charge is -2.16. The number of nitrogens with one attached hydrogen (secondary N) is 1. The second-order valence-electron chi connectivity index (χ2n) is 4.09. The average molecular weight is 219 g/mol. The average Bonchev–Trinajstić information content (AvgIpc) is 2.37. The minimum Gasteiger partial charge on any atom is -0.361 e. The van der Waals surface area contributed by atoms with Crippen LogP contribution in [-0.4, -0.2) is 0 Å². The highest BCUT2D eigenvalue weighted by atomic mass is 14.8. The van der Waals surface area contributed by atoms with E-state index < -0.39 is 0 Å². The summed E-state index contributed by atoms with van der Waals surface area (Å²) in [5.74, 6) is 0. The molecule has 82 valence electrons. The molecule has 2 aromatic rings. The van der Waals surface area contributed by atoms with Gasteiger partial charge in [-0.05, 0) is 28.8 Å². The van der Waals surface area contributed by atoms with Crippen LogP contribution >= 0.6 is 0 Å². The summed E-state index contributed by atoms with van der Waals surface area (Å²) in [4.78, 5) is 0. The third kappa shape index (κ3) is 1.66. The minimum absolute atomic E-state index is 1.06. The molecule has 0 atom stereocenters. The van der Waals surface area contributed by atoms with Crippen LogP contribution in [0, 0.1) is 0 Å². The normalized spacial score (nSPS) is 14.9. The van der Waals surface area contributed by atoms with Crippen molar-refractivity contribution in [3.05, 3.63) is 78.0 Å². The third-order valence-corrected chi connectivity index (χ3v) is 3.04. The standard InChI is InChI=1S/C16H13N/c1-12-14-7-3-2-6-13(14)10-11-17-16-9-5-4-8-15(12)16/h2-11,17H,1H2/b11-10-. The van der Waals surface area contributed by atoms with Crippen molar-refractivity contribution in [1.29, 1.82) is 0 Å². The van der Waals surface area contributed by atoms with E-state index in [4.69, 9.17) is 0 Å². The molecule has 1 heterocycles. The number of rotatable bonds is 0. The monoisotopic (exact) mass is 219 g/mol. The maximum atomic E-state index is 4.22. The Bertz CT molecular complexity index is 608. The van der Waals surface area contributed by atoms with Crippen LogP contribution in [0.4, 0.5) is 5.69 Å². The predicted octanol–water partition coefficient (Wildman–Crippen LogP) is 4.14. The van der Waals surface area contributed by atoms with Gasteiger partial charge in [0.1, 0.15) is 0 Å². The van der Waals surface area contributed by atoms with Crippen molar-refractivity contribution < 1.29 is 0 Å². The number of hydrogen-bond acceptors (Lipinski definition) is 1. The zero-order valence-electron chi connectivity index (χ0n) is 9.48. The second-order valence-corrected chi connectivity index (χ2v) is 4.09. The number of fused-ring (bicyclic) bond motifs is 2. The van der Waals surface area contributed by atoms with Crippen molar-refractivity contribution in [2.45, 2.75) is 0 Å². The summed E-state index contributed by atoms with van der Waals surface area (Å²) in [5.41, 5.74) is 5.71. The molecule has 1 heteroatoms. The quantitative estimate of drug-likeness (QED) is 0.702. The van der Waals surface area contributed by atoms with E-state index >= 15 is 0 Å². The summed E-state index contributed by atoms with van der Waals surface area (Å²) in [6, 6.07) is 16.6. The van der Waals surface area contributed by atoms with Gasteiger partial charge in [-0.3, -0.25) is 0 Å². The maximum Gasteiger partial charge on any atom is 0.0459 e. The van der Waals surface area contributed by atoms with Crippen LogP contribution in [0.3, 0.4) is 0 Å². The molecule has 1 N–H and O–H groups in total. The lowest BCUT2D eigenvalue weighted by atomic mass is 9.93. The van der Waals surface area contributed by atoms with Gasteiger partial charge in [0.05, 0.1) is 0 Å². The summed E-state index contributed by atoms with van der Waals surface area (Å²) in [5, 5.41) is 3.30. The SMILES string of the molecule is C=C1c2ccccc2/C=C\Nc2ccccc21. The molecule has 0 radical (unpaired) electrons. The molecule has 0 saturated carbocycles. The molecule has 0 fully saturated rings. The lowest BCUT2D eigenvalue weighted by molar-refractivity contribution is 1.48. The van der Waals surface area contributed by atoms with Crippen molar-refractivity contribution in [2.24, 2.45) is 0 Å². The molecule has 0 spiro atoms. The van der Waals surface area contributed by atoms with Crippen LogP contribution in [0.1, 0.15) is 16.7 Å². The molecular weight excluding hydrogens is 206 g/mol. The fourth-order valence-electron chi connectivity index (χ4n) is 2.16. The molecule has 17 heavy (non-hydrogen) atoms. The van der Waals surface area contributed by atoms with Gasteiger partial charge in [-0.25, -0.2) is 0 Å². The minimum atomic E-state index is 1.06. The largest absolute Gasteiger partial charge is 0.361 e. The zero-order chi connectivity index (χ0) is 11.7. The van der Waals surface area contributed by atoms with Gasteiger partial charge in [0.25, 0.3) is 0 Å². The van der Waals surface area contributed by atoms with Crippen LogP contribution in [0.2, 0.25) is 0 Å². The first kappa shape index (κ1) is 9.91. The van der Waals surface area contributed by atoms with Gasteiger partial charge in [-0.15, -0.1) is 0 Å². The first-order valence-corrected chi connectivity index (χ1v) is 5.67. The van der Waals surface area contributed by atoms with Crippen molar-refractivity contribution in [3.8, 4) is 0 Å². The van der Waals surface area contributed by atoms with E-state index in [-0.39, 0.29) is 0 Å². The fourth-order valence-corrected chi connectivity index (χ4v) is 2.16. The van der Waals surface area contributed by atoms with Gasteiger partial charge < -0.3 is 5.32 Å². The van der Waals surface area contributed by atoms with E-state index in [0.717, 1.165) is 16.8 Å². The van der Waals surface area contributed by atoms with Gasteiger partial charge in [0.15, 0.2) is 0 Å². The molecule has 0 aromatic heterocycles. The molecule has 3 rings (SSSR count). The molecule has 0 unspecified atom stereocenters. The zero-order valence-corrected chi connectivity index (χ0v) is 9.48. The number of anilines is 1. The predicted molar refractivity (Wildman–Crippen MR) is 73.7 cm³/mol. The molecule has 0 bridgehead atoms. The van der Waals surface area contributed by atoms with Crippen molar-refractivity contribution in [3.63, 3.8) is 0 Å². The van der Waals surface area contributed by atoms with Crippen molar-refractivity contribution in [1.82, 2.24) is 0 Å². The van der Waals surface area contributed by atoms with E-state index in [1.54, 1.807) is 0 Å². The molecule has 0 aliphatic carbocycles. The van der Waals surface area contributed by atoms with Crippen molar-refractivity contribution >= 4 is 17.3 Å². The highest BCUT2D eigenvalue weighted by molar-refractivity contribution is 5.89. The first-order chi connectivity index (χ1) is 8.36. The smallest absolute Gasteiger partial charge is 0.0459 e. The summed E-state index contributed by atoms with van der Waals surface area (Å²) in [7, 11) is 0. The summed E-state index contributed by atoms with van der Waals surface area (Å²) in [6.45, 7) is 4.22. The van der Waals surface area contributed by atoms with Crippen LogP contribution < -0.4 is 5.32 Å². The fraction of sp³-hybridized carbons (Fsp3) is 0. The Morgan fingerprint density at radius 2 is 1.53 bits per heavy atom. The highest BCUT2D eigenvalue weighted by Gasteiger charge is 2.11. The second kappa shape index (κ2) is 3.95. The Morgan fingerprint density at radius 1 is 0.824 bits per heavy atom. The van der Waals surface area contributed by atoms with Crippen LogP contribution in [0.25, 0.3) is 11.6 Å². The topological polar surface area (TPSA) is 12.0 Å². The molecule has 0 amide bonds. The van der Waals surface area contributed by atoms with Gasteiger partial charge in [-0.1, -0.05) is 49.0 Å². The maximum absolute atomic E-state index is 4.22. The molecule has 2 aromatic carbocycles. The van der Waals surface area contributed by atoms with Crippen LogP contribution in [-0.2, 0) is 0 Å². The summed E-state index contributed by atoms with van der Waals surface area (Å²) >= 11 is 0. The van der Waals surface area contributed by atoms with Gasteiger partial charge >= 0.3 is 0 Å². The van der Waals surface area contributed by atoms with E-state index in [2.05, 4.69) is 48.3 Å². The Balaban J connectivity index is 2.25. The highest BCUT2D eigenvalue weighted by Crippen LogP contribution is 2.32. The van der Waals surface area contributed by atoms with E-state index in [1.165, 1.54) is 11.1 Å². The van der Waals surface area contributed by atoms with Crippen LogP contribution in [0.5, 0.6) is 0 Å². The van der Waals surface area contributed by atoms with Crippen LogP contribution in [0.15, 0.2) is 61.3 Å². The van der Waals surface area contributed by atoms with Gasteiger partial charge in [0.2, 0.25) is 0 Å². The third-order valence-electron chi connectivity index (χ3n) is 3.04. The number of benzene rings is 2. The molecular formula is C16H13N. The molecule has 0 saturated heterocycles. The summed E-state index contributed by atoms with van der Waals surface area (Å²) in [6.07, 6.45) is 4.06. The van der Waals surface area contributed by atoms with Gasteiger partial charge in [0, 0.05) is 17.5 Å². The summed E-state index contributed by atoms with van der Waals surface area (Å²) < 4.78 is 0.